The van der Waals surface area contributed by atoms with E-state index in [1.165, 1.54) is 0 Å². The maximum absolute atomic E-state index is 3.78. The van der Waals surface area contributed by atoms with Crippen molar-refractivity contribution in [2.45, 2.75) is 0 Å². The lowest BCUT2D eigenvalue weighted by atomic mass is 10.4. The second-order valence-corrected chi connectivity index (χ2v) is 1.92. The van der Waals surface area contributed by atoms with Gasteiger partial charge in [-0.15, -0.1) is 10.2 Å². The Morgan fingerprint density at radius 1 is 1.64 bits per heavy atom. The molecule has 0 radical (unpaired) electrons. The summed E-state index contributed by atoms with van der Waals surface area (Å²) < 4.78 is 0. The molecule has 1 heterocycles. The van der Waals surface area contributed by atoms with E-state index in [0.717, 1.165) is 5.22 Å². The van der Waals surface area contributed by atoms with Gasteiger partial charge in [-0.3, -0.25) is 4.99 Å². The van der Waals surface area contributed by atoms with Crippen LogP contribution in [0.15, 0.2) is 11.2 Å². The first-order chi connectivity index (χ1) is 5.34. The molecule has 0 N–H and O–H groups in total. The van der Waals surface area contributed by atoms with Gasteiger partial charge in [0.15, 0.2) is 0 Å². The van der Waals surface area contributed by atoms with E-state index in [-0.39, 0.29) is 0 Å². The van der Waals surface area contributed by atoms with Crippen molar-refractivity contribution in [3.05, 3.63) is 16.8 Å². The first-order valence-electron chi connectivity index (χ1n) is 3.10. The van der Waals surface area contributed by atoms with Crippen molar-refractivity contribution >= 4 is 18.9 Å². The van der Waals surface area contributed by atoms with Crippen molar-refractivity contribution in [1.29, 1.82) is 0 Å². The molecule has 0 fully saturated rings. The van der Waals surface area contributed by atoms with E-state index in [1.54, 1.807) is 25.5 Å². The zero-order valence-electron chi connectivity index (χ0n) is 6.23. The molecule has 11 heavy (non-hydrogen) atoms. The average molecular weight is 148 g/mol. The fraction of sp³-hybridized carbons (Fsp3) is 0.143. The van der Waals surface area contributed by atoms with Crippen molar-refractivity contribution < 1.29 is 0 Å². The molecule has 1 aromatic rings. The predicted molar refractivity (Wildman–Crippen MR) is 43.5 cm³/mol. The lowest BCUT2D eigenvalue weighted by molar-refractivity contribution is 0.835. The van der Waals surface area contributed by atoms with Crippen molar-refractivity contribution in [2.24, 2.45) is 4.99 Å². The van der Waals surface area contributed by atoms with Gasteiger partial charge in [-0.25, -0.2) is 0 Å². The van der Waals surface area contributed by atoms with Crippen molar-refractivity contribution in [1.82, 2.24) is 15.4 Å². The minimum Gasteiger partial charge on any atom is -0.296 e. The molecule has 4 heteroatoms. The van der Waals surface area contributed by atoms with Gasteiger partial charge >= 0.3 is 0 Å². The summed E-state index contributed by atoms with van der Waals surface area (Å²) in [7, 11) is 1.69. The third-order valence-electron chi connectivity index (χ3n) is 1.13. The average Bonchev–Trinajstić information content (AvgIpc) is 2.03. The summed E-state index contributed by atoms with van der Waals surface area (Å²) >= 11 is 0. The van der Waals surface area contributed by atoms with E-state index in [9.17, 15) is 0 Å². The van der Waals surface area contributed by atoms with Crippen molar-refractivity contribution in [3.63, 3.8) is 0 Å². The van der Waals surface area contributed by atoms with Crippen LogP contribution < -0.4 is 10.6 Å². The van der Waals surface area contributed by atoms with E-state index < -0.39 is 0 Å². The summed E-state index contributed by atoms with van der Waals surface area (Å²) in [6.45, 7) is 3.72. The molecule has 0 spiro atoms. The third-order valence-corrected chi connectivity index (χ3v) is 1.13. The van der Waals surface area contributed by atoms with Gasteiger partial charge in [0, 0.05) is 18.5 Å². The van der Waals surface area contributed by atoms with Gasteiger partial charge < -0.3 is 0 Å². The Morgan fingerprint density at radius 3 is 3.09 bits per heavy atom. The fourth-order valence-corrected chi connectivity index (χ4v) is 0.585. The molecule has 0 bridgehead atoms. The van der Waals surface area contributed by atoms with Crippen LogP contribution in [0.4, 0.5) is 0 Å². The third kappa shape index (κ3) is 1.93. The summed E-state index contributed by atoms with van der Waals surface area (Å²) in [6, 6.07) is 0. The Labute approximate surface area is 64.0 Å². The minimum atomic E-state index is 0.700. The molecule has 0 amide bonds. The molecule has 0 saturated carbocycles. The second-order valence-electron chi connectivity index (χ2n) is 1.92. The number of aromatic nitrogens is 3. The van der Waals surface area contributed by atoms with Gasteiger partial charge in [-0.1, -0.05) is 6.58 Å². The van der Waals surface area contributed by atoms with Crippen LogP contribution >= 0.6 is 0 Å². The number of nitrogens with zero attached hydrogens (tertiary/aromatic N) is 4. The monoisotopic (exact) mass is 148 g/mol. The molecule has 0 aliphatic heterocycles. The van der Waals surface area contributed by atoms with Gasteiger partial charge in [-0.2, -0.15) is 0 Å². The molecule has 0 aliphatic rings. The molecule has 1 aromatic heterocycles. The van der Waals surface area contributed by atoms with Gasteiger partial charge in [0.05, 0.1) is 11.5 Å². The molecule has 0 saturated heterocycles. The van der Waals surface area contributed by atoms with Crippen molar-refractivity contribution in [2.75, 3.05) is 7.05 Å². The molecule has 0 atom stereocenters. The molecule has 1 rings (SSSR count). The second kappa shape index (κ2) is 3.55. The number of hydrogen-bond acceptors (Lipinski definition) is 4. The highest BCUT2D eigenvalue weighted by Gasteiger charge is 1.80. The Morgan fingerprint density at radius 2 is 2.45 bits per heavy atom. The molecule has 0 aliphatic carbocycles. The van der Waals surface area contributed by atoms with E-state index in [2.05, 4.69) is 27.0 Å². The van der Waals surface area contributed by atoms with Crippen LogP contribution in [0.25, 0.3) is 12.7 Å². The summed E-state index contributed by atoms with van der Waals surface area (Å²) in [6.07, 6.45) is 4.93. The maximum atomic E-state index is 3.78. The smallest absolute Gasteiger partial charge is 0.0972 e. The SMILES string of the molecule is C=c1cnnn/c1=C/C=N\C. The maximum Gasteiger partial charge on any atom is 0.0972 e. The first kappa shape index (κ1) is 7.53. The Bertz CT molecular complexity index is 355. The number of aliphatic imine (C=N–C) groups is 1. The van der Waals surface area contributed by atoms with Crippen LogP contribution in [0.2, 0.25) is 0 Å². The summed E-state index contributed by atoms with van der Waals surface area (Å²) in [5.74, 6) is 0. The summed E-state index contributed by atoms with van der Waals surface area (Å²) in [5.41, 5.74) is 0. The predicted octanol–water partition coefficient (Wildman–Crippen LogP) is -1.24. The van der Waals surface area contributed by atoms with Crippen molar-refractivity contribution in [3.8, 4) is 0 Å². The van der Waals surface area contributed by atoms with Crippen LogP contribution in [-0.2, 0) is 0 Å². The van der Waals surface area contributed by atoms with Gasteiger partial charge in [0.25, 0.3) is 0 Å². The van der Waals surface area contributed by atoms with Crippen LogP contribution in [-0.4, -0.2) is 28.7 Å². The summed E-state index contributed by atoms with van der Waals surface area (Å²) in [4.78, 5) is 3.78. The molecular formula is C7H8N4. The minimum absolute atomic E-state index is 0.700. The Kier molecular flexibility index (Phi) is 2.43. The van der Waals surface area contributed by atoms with Gasteiger partial charge in [0.1, 0.15) is 0 Å². The van der Waals surface area contributed by atoms with E-state index in [0.29, 0.717) is 5.35 Å². The van der Waals surface area contributed by atoms with Crippen LogP contribution in [0.3, 0.4) is 0 Å². The molecule has 56 valence electrons. The first-order valence-corrected chi connectivity index (χ1v) is 3.10. The molecular weight excluding hydrogens is 140 g/mol. The lowest BCUT2D eigenvalue weighted by Crippen LogP contribution is -2.28. The summed E-state index contributed by atoms with van der Waals surface area (Å²) in [5, 5.41) is 12.2. The highest BCUT2D eigenvalue weighted by Crippen LogP contribution is 1.54. The standard InChI is InChI=1S/C7H8N4/c1-6-5-9-11-10-7(6)3-4-8-2/h3-5H,1H2,2H3/b7-3+,8-4-. The molecule has 0 unspecified atom stereocenters. The van der Waals surface area contributed by atoms with E-state index in [4.69, 9.17) is 0 Å². The number of hydrogen-bond donors (Lipinski definition) is 0. The topological polar surface area (TPSA) is 51.0 Å². The zero-order valence-corrected chi connectivity index (χ0v) is 6.23. The quantitative estimate of drug-likeness (QED) is 0.468. The molecule has 0 aromatic carbocycles. The Balaban J connectivity index is 3.24. The van der Waals surface area contributed by atoms with E-state index in [1.807, 2.05) is 0 Å². The van der Waals surface area contributed by atoms with Gasteiger partial charge in [0.2, 0.25) is 0 Å². The largest absolute Gasteiger partial charge is 0.296 e. The fourth-order valence-electron chi connectivity index (χ4n) is 0.585. The zero-order chi connectivity index (χ0) is 8.10. The normalized spacial score (nSPS) is 12.6. The highest BCUT2D eigenvalue weighted by atomic mass is 15.3. The van der Waals surface area contributed by atoms with Crippen LogP contribution in [0.5, 0.6) is 0 Å². The highest BCUT2D eigenvalue weighted by molar-refractivity contribution is 5.90. The van der Waals surface area contributed by atoms with Crippen LogP contribution in [0, 0.1) is 0 Å². The van der Waals surface area contributed by atoms with Gasteiger partial charge in [-0.05, 0) is 11.3 Å². The lowest BCUT2D eigenvalue weighted by Gasteiger charge is -1.80. The van der Waals surface area contributed by atoms with E-state index >= 15 is 0 Å². The van der Waals surface area contributed by atoms with Crippen LogP contribution in [0.1, 0.15) is 0 Å². The number of rotatable bonds is 1. The Hall–Kier alpha value is -1.58. The molecule has 4 nitrogen and oxygen atoms in total.